The lowest BCUT2D eigenvalue weighted by Gasteiger charge is -2.12. The first-order valence-corrected chi connectivity index (χ1v) is 9.47. The lowest BCUT2D eigenvalue weighted by atomic mass is 10.1. The van der Waals surface area contributed by atoms with Gasteiger partial charge in [-0.3, -0.25) is 0 Å². The SMILES string of the molecule is CCNC(=NCc1cccc(Cn2ccnc2C)c1)NCc1ccccc1F.I. The van der Waals surface area contributed by atoms with Gasteiger partial charge in [0.15, 0.2) is 5.96 Å². The third-order valence-corrected chi connectivity index (χ3v) is 4.44. The monoisotopic (exact) mass is 507 g/mol. The number of hydrogen-bond acceptors (Lipinski definition) is 2. The van der Waals surface area contributed by atoms with Crippen LogP contribution in [-0.2, 0) is 19.6 Å². The van der Waals surface area contributed by atoms with E-state index in [1.165, 1.54) is 11.6 Å². The van der Waals surface area contributed by atoms with E-state index in [1.54, 1.807) is 12.1 Å². The summed E-state index contributed by atoms with van der Waals surface area (Å²) in [6.07, 6.45) is 3.80. The van der Waals surface area contributed by atoms with E-state index in [0.29, 0.717) is 24.6 Å². The van der Waals surface area contributed by atoms with Gasteiger partial charge < -0.3 is 15.2 Å². The lowest BCUT2D eigenvalue weighted by Crippen LogP contribution is -2.37. The van der Waals surface area contributed by atoms with E-state index in [2.05, 4.69) is 43.4 Å². The van der Waals surface area contributed by atoms with E-state index in [0.717, 1.165) is 24.5 Å². The Bertz CT molecular complexity index is 938. The maximum Gasteiger partial charge on any atom is 0.191 e. The molecule has 154 valence electrons. The van der Waals surface area contributed by atoms with Crippen LogP contribution < -0.4 is 10.6 Å². The number of guanidine groups is 1. The molecule has 0 fully saturated rings. The van der Waals surface area contributed by atoms with Crippen molar-refractivity contribution in [2.45, 2.75) is 33.5 Å². The quantitative estimate of drug-likeness (QED) is 0.286. The van der Waals surface area contributed by atoms with Gasteiger partial charge in [0.25, 0.3) is 0 Å². The molecule has 3 aromatic rings. The summed E-state index contributed by atoms with van der Waals surface area (Å²) in [5.41, 5.74) is 2.95. The van der Waals surface area contributed by atoms with E-state index in [-0.39, 0.29) is 29.8 Å². The number of rotatable bonds is 7. The molecule has 2 aromatic carbocycles. The molecule has 0 saturated carbocycles. The minimum atomic E-state index is -0.214. The molecule has 29 heavy (non-hydrogen) atoms. The number of benzene rings is 2. The van der Waals surface area contributed by atoms with E-state index in [4.69, 9.17) is 0 Å². The zero-order valence-electron chi connectivity index (χ0n) is 16.7. The van der Waals surface area contributed by atoms with Crippen molar-refractivity contribution in [3.05, 3.63) is 89.3 Å². The molecule has 0 aliphatic carbocycles. The number of aryl methyl sites for hydroxylation is 1. The molecule has 0 unspecified atom stereocenters. The normalized spacial score (nSPS) is 11.1. The molecule has 5 nitrogen and oxygen atoms in total. The summed E-state index contributed by atoms with van der Waals surface area (Å²) in [4.78, 5) is 8.90. The molecule has 2 N–H and O–H groups in total. The average molecular weight is 507 g/mol. The number of aromatic nitrogens is 2. The van der Waals surface area contributed by atoms with E-state index < -0.39 is 0 Å². The molecular weight excluding hydrogens is 480 g/mol. The highest BCUT2D eigenvalue weighted by Crippen LogP contribution is 2.10. The number of imidazole rings is 1. The predicted octanol–water partition coefficient (Wildman–Crippen LogP) is 4.25. The summed E-state index contributed by atoms with van der Waals surface area (Å²) in [7, 11) is 0. The standard InChI is InChI=1S/C22H26FN5.HI/c1-3-24-22(27-15-20-9-4-5-10-21(20)23)26-14-18-7-6-8-19(13-18)16-28-12-11-25-17(28)2;/h4-13H,3,14-16H2,1-2H3,(H2,24,26,27);1H. The highest BCUT2D eigenvalue weighted by Gasteiger charge is 2.04. The van der Waals surface area contributed by atoms with Gasteiger partial charge in [0.2, 0.25) is 0 Å². The van der Waals surface area contributed by atoms with E-state index in [1.807, 2.05) is 38.4 Å². The maximum absolute atomic E-state index is 13.8. The Morgan fingerprint density at radius 3 is 2.62 bits per heavy atom. The smallest absolute Gasteiger partial charge is 0.191 e. The average Bonchev–Trinajstić information content (AvgIpc) is 3.10. The van der Waals surface area contributed by atoms with Crippen LogP contribution >= 0.6 is 24.0 Å². The van der Waals surface area contributed by atoms with Crippen molar-refractivity contribution in [2.24, 2.45) is 4.99 Å². The molecule has 1 aromatic heterocycles. The van der Waals surface area contributed by atoms with Crippen molar-refractivity contribution in [3.63, 3.8) is 0 Å². The molecular formula is C22H27FIN5. The van der Waals surface area contributed by atoms with Gasteiger partial charge >= 0.3 is 0 Å². The van der Waals surface area contributed by atoms with E-state index >= 15 is 0 Å². The summed E-state index contributed by atoms with van der Waals surface area (Å²) in [6.45, 7) is 6.46. The van der Waals surface area contributed by atoms with Crippen LogP contribution in [0.25, 0.3) is 0 Å². The molecule has 0 bridgehead atoms. The van der Waals surface area contributed by atoms with Gasteiger partial charge in [-0.2, -0.15) is 0 Å². The highest BCUT2D eigenvalue weighted by atomic mass is 127. The van der Waals surface area contributed by atoms with Crippen molar-refractivity contribution >= 4 is 29.9 Å². The first-order valence-electron chi connectivity index (χ1n) is 9.47. The number of nitrogens with zero attached hydrogens (tertiary/aromatic N) is 3. The van der Waals surface area contributed by atoms with Crippen molar-refractivity contribution in [3.8, 4) is 0 Å². The van der Waals surface area contributed by atoms with Gasteiger partial charge in [-0.25, -0.2) is 14.4 Å². The summed E-state index contributed by atoms with van der Waals surface area (Å²) in [5.74, 6) is 1.45. The van der Waals surface area contributed by atoms with Crippen LogP contribution in [0, 0.1) is 12.7 Å². The summed E-state index contributed by atoms with van der Waals surface area (Å²) < 4.78 is 15.9. The molecule has 0 spiro atoms. The third kappa shape index (κ3) is 6.85. The second kappa shape index (κ2) is 11.5. The van der Waals surface area contributed by atoms with Gasteiger partial charge in [0.1, 0.15) is 11.6 Å². The molecule has 0 aliphatic rings. The molecule has 1 heterocycles. The Hall–Kier alpha value is -2.42. The molecule has 3 rings (SSSR count). The number of nitrogens with one attached hydrogen (secondary N) is 2. The van der Waals surface area contributed by atoms with Gasteiger partial charge in [0.05, 0.1) is 6.54 Å². The fraction of sp³-hybridized carbons (Fsp3) is 0.273. The van der Waals surface area contributed by atoms with Gasteiger partial charge in [0, 0.05) is 37.6 Å². The Kier molecular flexibility index (Phi) is 9.11. The lowest BCUT2D eigenvalue weighted by molar-refractivity contribution is 0.604. The number of halogens is 2. The third-order valence-electron chi connectivity index (χ3n) is 4.44. The van der Waals surface area contributed by atoms with Crippen molar-refractivity contribution in [1.82, 2.24) is 20.2 Å². The zero-order chi connectivity index (χ0) is 19.8. The molecule has 0 radical (unpaired) electrons. The second-order valence-electron chi connectivity index (χ2n) is 6.56. The molecule has 0 amide bonds. The fourth-order valence-electron chi connectivity index (χ4n) is 2.93. The largest absolute Gasteiger partial charge is 0.357 e. The topological polar surface area (TPSA) is 54.2 Å². The summed E-state index contributed by atoms with van der Waals surface area (Å²) >= 11 is 0. The minimum Gasteiger partial charge on any atom is -0.357 e. The van der Waals surface area contributed by atoms with Gasteiger partial charge in [-0.1, -0.05) is 42.5 Å². The molecule has 0 aliphatic heterocycles. The van der Waals surface area contributed by atoms with Crippen LogP contribution in [0.3, 0.4) is 0 Å². The van der Waals surface area contributed by atoms with Crippen LogP contribution in [0.5, 0.6) is 0 Å². The van der Waals surface area contributed by atoms with Gasteiger partial charge in [-0.15, -0.1) is 24.0 Å². The van der Waals surface area contributed by atoms with Crippen LogP contribution in [-0.4, -0.2) is 22.1 Å². The Balaban J connectivity index is 0.00000300. The summed E-state index contributed by atoms with van der Waals surface area (Å²) in [6, 6.07) is 15.1. The van der Waals surface area contributed by atoms with E-state index in [9.17, 15) is 4.39 Å². The van der Waals surface area contributed by atoms with Crippen LogP contribution in [0.15, 0.2) is 65.9 Å². The molecule has 7 heteroatoms. The minimum absolute atomic E-state index is 0. The van der Waals surface area contributed by atoms with Crippen LogP contribution in [0.4, 0.5) is 4.39 Å². The van der Waals surface area contributed by atoms with Gasteiger partial charge in [-0.05, 0) is 31.0 Å². The Labute approximate surface area is 188 Å². The zero-order valence-corrected chi connectivity index (χ0v) is 19.1. The number of hydrogen-bond donors (Lipinski definition) is 2. The van der Waals surface area contributed by atoms with Crippen LogP contribution in [0.2, 0.25) is 0 Å². The van der Waals surface area contributed by atoms with Crippen molar-refractivity contribution in [2.75, 3.05) is 6.54 Å². The molecule has 0 saturated heterocycles. The first kappa shape index (κ1) is 22.9. The van der Waals surface area contributed by atoms with Crippen molar-refractivity contribution in [1.29, 1.82) is 0 Å². The van der Waals surface area contributed by atoms with Crippen molar-refractivity contribution < 1.29 is 4.39 Å². The highest BCUT2D eigenvalue weighted by molar-refractivity contribution is 14.0. The number of aliphatic imine (C=N–C) groups is 1. The Morgan fingerprint density at radius 1 is 1.10 bits per heavy atom. The molecule has 0 atom stereocenters. The Morgan fingerprint density at radius 2 is 1.90 bits per heavy atom. The van der Waals surface area contributed by atoms with Crippen LogP contribution in [0.1, 0.15) is 29.4 Å². The summed E-state index contributed by atoms with van der Waals surface area (Å²) in [5, 5.41) is 6.40. The predicted molar refractivity (Wildman–Crippen MR) is 126 cm³/mol. The second-order valence-corrected chi connectivity index (χ2v) is 6.56. The maximum atomic E-state index is 13.8. The fourth-order valence-corrected chi connectivity index (χ4v) is 2.93. The first-order chi connectivity index (χ1) is 13.7.